The van der Waals surface area contributed by atoms with Gasteiger partial charge in [0.25, 0.3) is 0 Å². The number of thiophene rings is 1. The fourth-order valence-electron chi connectivity index (χ4n) is 2.80. The summed E-state index contributed by atoms with van der Waals surface area (Å²) in [5, 5.41) is 3.70. The van der Waals surface area contributed by atoms with Crippen molar-refractivity contribution in [3.05, 3.63) is 20.3 Å². The first kappa shape index (κ1) is 16.6. The molecule has 1 saturated heterocycles. The van der Waals surface area contributed by atoms with Gasteiger partial charge in [0.15, 0.2) is 0 Å². The maximum Gasteiger partial charge on any atom is 0.0991 e. The SMILES string of the molecule is CCCCN1CCC(NC(C)c2cc(Cl)sc2Cl)CC1. The second-order valence-corrected chi connectivity index (χ2v) is 7.92. The first-order valence-corrected chi connectivity index (χ1v) is 9.10. The van der Waals surface area contributed by atoms with E-state index in [0.29, 0.717) is 6.04 Å². The van der Waals surface area contributed by atoms with Crippen molar-refractivity contribution in [2.75, 3.05) is 19.6 Å². The van der Waals surface area contributed by atoms with E-state index in [4.69, 9.17) is 23.2 Å². The lowest BCUT2D eigenvalue weighted by Gasteiger charge is -2.33. The maximum absolute atomic E-state index is 6.22. The predicted octanol–water partition coefficient (Wildman–Crippen LogP) is 4.97. The highest BCUT2D eigenvalue weighted by molar-refractivity contribution is 7.20. The summed E-state index contributed by atoms with van der Waals surface area (Å²) < 4.78 is 1.59. The van der Waals surface area contributed by atoms with Crippen molar-refractivity contribution in [3.8, 4) is 0 Å². The van der Waals surface area contributed by atoms with Crippen LogP contribution >= 0.6 is 34.5 Å². The van der Waals surface area contributed by atoms with Crippen molar-refractivity contribution < 1.29 is 0 Å². The lowest BCUT2D eigenvalue weighted by molar-refractivity contribution is 0.190. The van der Waals surface area contributed by atoms with E-state index in [0.717, 1.165) is 14.2 Å². The van der Waals surface area contributed by atoms with Crippen molar-refractivity contribution in [1.82, 2.24) is 10.2 Å². The normalized spacial score (nSPS) is 19.4. The Kier molecular flexibility index (Phi) is 6.63. The van der Waals surface area contributed by atoms with E-state index >= 15 is 0 Å². The molecule has 1 fully saturated rings. The zero-order chi connectivity index (χ0) is 14.5. The first-order valence-electron chi connectivity index (χ1n) is 7.53. The fourth-order valence-corrected chi connectivity index (χ4v) is 4.44. The lowest BCUT2D eigenvalue weighted by atomic mass is 10.0. The molecule has 0 saturated carbocycles. The van der Waals surface area contributed by atoms with Crippen molar-refractivity contribution in [2.24, 2.45) is 0 Å². The number of piperidine rings is 1. The second-order valence-electron chi connectivity index (χ2n) is 5.64. The molecule has 1 aliphatic heterocycles. The largest absolute Gasteiger partial charge is 0.307 e. The van der Waals surface area contributed by atoms with Crippen LogP contribution in [0.3, 0.4) is 0 Å². The van der Waals surface area contributed by atoms with Gasteiger partial charge in [0, 0.05) is 12.1 Å². The highest BCUT2D eigenvalue weighted by Crippen LogP contribution is 2.35. The molecule has 2 rings (SSSR count). The monoisotopic (exact) mass is 334 g/mol. The van der Waals surface area contributed by atoms with Crippen molar-refractivity contribution in [2.45, 2.75) is 51.6 Å². The van der Waals surface area contributed by atoms with Crippen LogP contribution < -0.4 is 5.32 Å². The Labute approximate surface area is 136 Å². The van der Waals surface area contributed by atoms with Gasteiger partial charge in [0.1, 0.15) is 0 Å². The predicted molar refractivity (Wildman–Crippen MR) is 90.3 cm³/mol. The number of rotatable bonds is 6. The van der Waals surface area contributed by atoms with Crippen molar-refractivity contribution in [3.63, 3.8) is 0 Å². The van der Waals surface area contributed by atoms with Gasteiger partial charge in [-0.3, -0.25) is 0 Å². The summed E-state index contributed by atoms with van der Waals surface area (Å²) in [7, 11) is 0. The molecule has 2 heterocycles. The van der Waals surface area contributed by atoms with Gasteiger partial charge in [-0.05, 0) is 57.5 Å². The molecule has 0 bridgehead atoms. The topological polar surface area (TPSA) is 15.3 Å². The Balaban J connectivity index is 1.79. The van der Waals surface area contributed by atoms with Crippen LogP contribution in [-0.2, 0) is 0 Å². The summed E-state index contributed by atoms with van der Waals surface area (Å²) >= 11 is 13.7. The summed E-state index contributed by atoms with van der Waals surface area (Å²) in [5.41, 5.74) is 1.13. The third-order valence-electron chi connectivity index (χ3n) is 4.05. The molecule has 0 amide bonds. The van der Waals surface area contributed by atoms with Crippen LogP contribution in [0.2, 0.25) is 8.67 Å². The van der Waals surface area contributed by atoms with E-state index in [2.05, 4.69) is 24.1 Å². The average Bonchev–Trinajstić information content (AvgIpc) is 2.77. The third-order valence-corrected chi connectivity index (χ3v) is 5.57. The van der Waals surface area contributed by atoms with Crippen LogP contribution in [0.4, 0.5) is 0 Å². The number of hydrogen-bond acceptors (Lipinski definition) is 3. The van der Waals surface area contributed by atoms with E-state index in [9.17, 15) is 0 Å². The number of nitrogens with zero attached hydrogens (tertiary/aromatic N) is 1. The Morgan fingerprint density at radius 1 is 1.40 bits per heavy atom. The highest BCUT2D eigenvalue weighted by atomic mass is 35.5. The fraction of sp³-hybridized carbons (Fsp3) is 0.733. The molecule has 0 aromatic carbocycles. The van der Waals surface area contributed by atoms with Crippen molar-refractivity contribution in [1.29, 1.82) is 0 Å². The number of halogens is 2. The van der Waals surface area contributed by atoms with Crippen LogP contribution in [-0.4, -0.2) is 30.6 Å². The molecule has 1 unspecified atom stereocenters. The van der Waals surface area contributed by atoms with Gasteiger partial charge in [-0.1, -0.05) is 36.5 Å². The molecule has 1 N–H and O–H groups in total. The minimum Gasteiger partial charge on any atom is -0.307 e. The Morgan fingerprint density at radius 2 is 2.10 bits per heavy atom. The van der Waals surface area contributed by atoms with Gasteiger partial charge in [-0.15, -0.1) is 11.3 Å². The van der Waals surface area contributed by atoms with Gasteiger partial charge in [-0.25, -0.2) is 0 Å². The molecular weight excluding hydrogens is 311 g/mol. The van der Waals surface area contributed by atoms with E-state index in [1.807, 2.05) is 6.07 Å². The molecule has 1 atom stereocenters. The van der Waals surface area contributed by atoms with Crippen LogP contribution in [0.25, 0.3) is 0 Å². The highest BCUT2D eigenvalue weighted by Gasteiger charge is 2.22. The zero-order valence-corrected chi connectivity index (χ0v) is 14.6. The molecule has 20 heavy (non-hydrogen) atoms. The molecular formula is C15H24Cl2N2S. The third kappa shape index (κ3) is 4.60. The number of nitrogens with one attached hydrogen (secondary N) is 1. The molecule has 1 aliphatic rings. The summed E-state index contributed by atoms with van der Waals surface area (Å²) in [6.07, 6.45) is 5.05. The molecule has 0 aliphatic carbocycles. The molecule has 0 radical (unpaired) electrons. The molecule has 114 valence electrons. The Morgan fingerprint density at radius 3 is 2.65 bits per heavy atom. The summed E-state index contributed by atoms with van der Waals surface area (Å²) in [6, 6.07) is 2.86. The zero-order valence-electron chi connectivity index (χ0n) is 12.3. The summed E-state index contributed by atoms with van der Waals surface area (Å²) in [5.74, 6) is 0. The molecule has 1 aromatic rings. The van der Waals surface area contributed by atoms with Crippen LogP contribution in [0, 0.1) is 0 Å². The second kappa shape index (κ2) is 8.00. The molecule has 1 aromatic heterocycles. The quantitative estimate of drug-likeness (QED) is 0.789. The van der Waals surface area contributed by atoms with Gasteiger partial charge < -0.3 is 10.2 Å². The van der Waals surface area contributed by atoms with E-state index in [-0.39, 0.29) is 6.04 Å². The minimum absolute atomic E-state index is 0.276. The number of unbranched alkanes of at least 4 members (excludes halogenated alkanes) is 1. The summed E-state index contributed by atoms with van der Waals surface area (Å²) in [4.78, 5) is 2.58. The van der Waals surface area contributed by atoms with Crippen LogP contribution in [0.5, 0.6) is 0 Å². The number of likely N-dealkylation sites (tertiary alicyclic amines) is 1. The minimum atomic E-state index is 0.276. The van der Waals surface area contributed by atoms with Gasteiger partial charge in [-0.2, -0.15) is 0 Å². The lowest BCUT2D eigenvalue weighted by Crippen LogP contribution is -2.43. The van der Waals surface area contributed by atoms with Crippen molar-refractivity contribution >= 4 is 34.5 Å². The molecule has 0 spiro atoms. The standard InChI is InChI=1S/C15H24Cl2N2S/c1-3-4-7-19-8-5-12(6-9-19)18-11(2)13-10-14(16)20-15(13)17/h10-12,18H,3-9H2,1-2H3. The maximum atomic E-state index is 6.22. The van der Waals surface area contributed by atoms with Crippen LogP contribution in [0.1, 0.15) is 51.1 Å². The Bertz CT molecular complexity index is 414. The summed E-state index contributed by atoms with van der Waals surface area (Å²) in [6.45, 7) is 8.11. The van der Waals surface area contributed by atoms with Crippen LogP contribution in [0.15, 0.2) is 6.07 Å². The smallest absolute Gasteiger partial charge is 0.0991 e. The van der Waals surface area contributed by atoms with E-state index < -0.39 is 0 Å². The average molecular weight is 335 g/mol. The number of hydrogen-bond donors (Lipinski definition) is 1. The molecule has 5 heteroatoms. The van der Waals surface area contributed by atoms with Gasteiger partial charge >= 0.3 is 0 Å². The van der Waals surface area contributed by atoms with Gasteiger partial charge in [0.2, 0.25) is 0 Å². The van der Waals surface area contributed by atoms with E-state index in [1.165, 1.54) is 56.7 Å². The Hall–Kier alpha value is 0.200. The first-order chi connectivity index (χ1) is 9.60. The van der Waals surface area contributed by atoms with E-state index in [1.54, 1.807) is 0 Å². The van der Waals surface area contributed by atoms with Gasteiger partial charge in [0.05, 0.1) is 8.67 Å². The molecule has 2 nitrogen and oxygen atoms in total.